The first-order valence-corrected chi connectivity index (χ1v) is 6.40. The molecule has 3 nitrogen and oxygen atoms in total. The smallest absolute Gasteiger partial charge is 0.134 e. The SMILES string of the molecule is Cn1c(Cc2ccc(O)c(Cl)c2)nc2ccccc21. The van der Waals surface area contributed by atoms with Crippen LogP contribution in [0.3, 0.4) is 0 Å². The summed E-state index contributed by atoms with van der Waals surface area (Å²) < 4.78 is 2.08. The predicted molar refractivity (Wildman–Crippen MR) is 76.6 cm³/mol. The number of hydrogen-bond donors (Lipinski definition) is 1. The lowest BCUT2D eigenvalue weighted by Gasteiger charge is -2.04. The van der Waals surface area contributed by atoms with Crippen molar-refractivity contribution in [3.8, 4) is 5.75 Å². The lowest BCUT2D eigenvalue weighted by atomic mass is 10.1. The van der Waals surface area contributed by atoms with Crippen LogP contribution in [0, 0.1) is 0 Å². The van der Waals surface area contributed by atoms with Crippen LogP contribution < -0.4 is 0 Å². The number of rotatable bonds is 2. The van der Waals surface area contributed by atoms with E-state index >= 15 is 0 Å². The quantitative estimate of drug-likeness (QED) is 0.775. The highest BCUT2D eigenvalue weighted by atomic mass is 35.5. The van der Waals surface area contributed by atoms with Gasteiger partial charge in [0.2, 0.25) is 0 Å². The first-order valence-electron chi connectivity index (χ1n) is 6.03. The molecule has 0 saturated heterocycles. The fourth-order valence-electron chi connectivity index (χ4n) is 2.20. The molecule has 0 unspecified atom stereocenters. The van der Waals surface area contributed by atoms with Gasteiger partial charge in [-0.25, -0.2) is 4.98 Å². The van der Waals surface area contributed by atoms with E-state index < -0.39 is 0 Å². The van der Waals surface area contributed by atoms with Gasteiger partial charge in [-0.2, -0.15) is 0 Å². The maximum absolute atomic E-state index is 9.43. The van der Waals surface area contributed by atoms with Crippen LogP contribution in [-0.4, -0.2) is 14.7 Å². The van der Waals surface area contributed by atoms with Gasteiger partial charge in [0.1, 0.15) is 11.6 Å². The maximum atomic E-state index is 9.43. The van der Waals surface area contributed by atoms with E-state index in [-0.39, 0.29) is 5.75 Å². The van der Waals surface area contributed by atoms with Crippen molar-refractivity contribution in [1.29, 1.82) is 0 Å². The minimum atomic E-state index is 0.107. The minimum absolute atomic E-state index is 0.107. The second kappa shape index (κ2) is 4.59. The molecule has 0 fully saturated rings. The summed E-state index contributed by atoms with van der Waals surface area (Å²) >= 11 is 5.92. The molecule has 0 atom stereocenters. The molecule has 4 heteroatoms. The lowest BCUT2D eigenvalue weighted by Crippen LogP contribution is -1.99. The van der Waals surface area contributed by atoms with Crippen LogP contribution in [0.5, 0.6) is 5.75 Å². The zero-order chi connectivity index (χ0) is 13.4. The van der Waals surface area contributed by atoms with Crippen molar-refractivity contribution in [2.24, 2.45) is 7.05 Å². The molecular weight excluding hydrogens is 260 g/mol. The van der Waals surface area contributed by atoms with Crippen LogP contribution in [0.4, 0.5) is 0 Å². The second-order valence-electron chi connectivity index (χ2n) is 4.54. The average Bonchev–Trinajstić information content (AvgIpc) is 2.72. The molecule has 96 valence electrons. The van der Waals surface area contributed by atoms with Crippen LogP contribution >= 0.6 is 11.6 Å². The fourth-order valence-corrected chi connectivity index (χ4v) is 2.40. The topological polar surface area (TPSA) is 38.0 Å². The van der Waals surface area contributed by atoms with Gasteiger partial charge in [-0.1, -0.05) is 29.8 Å². The number of imidazole rings is 1. The Bertz CT molecular complexity index is 749. The monoisotopic (exact) mass is 272 g/mol. The molecule has 1 aromatic heterocycles. The Morgan fingerprint density at radius 3 is 2.74 bits per heavy atom. The van der Waals surface area contributed by atoms with E-state index in [0.717, 1.165) is 22.4 Å². The van der Waals surface area contributed by atoms with E-state index in [9.17, 15) is 5.11 Å². The Labute approximate surface area is 116 Å². The van der Waals surface area contributed by atoms with E-state index in [1.165, 1.54) is 0 Å². The molecule has 0 aliphatic rings. The molecule has 2 aromatic carbocycles. The number of nitrogens with zero attached hydrogens (tertiary/aromatic N) is 2. The first kappa shape index (κ1) is 12.1. The highest BCUT2D eigenvalue weighted by Crippen LogP contribution is 2.25. The highest BCUT2D eigenvalue weighted by Gasteiger charge is 2.08. The summed E-state index contributed by atoms with van der Waals surface area (Å²) in [6, 6.07) is 13.3. The number of phenols is 1. The summed E-state index contributed by atoms with van der Waals surface area (Å²) in [4.78, 5) is 4.62. The lowest BCUT2D eigenvalue weighted by molar-refractivity contribution is 0.475. The van der Waals surface area contributed by atoms with Crippen molar-refractivity contribution >= 4 is 22.6 Å². The van der Waals surface area contributed by atoms with Gasteiger partial charge in [0.25, 0.3) is 0 Å². The summed E-state index contributed by atoms with van der Waals surface area (Å²) in [6.45, 7) is 0. The summed E-state index contributed by atoms with van der Waals surface area (Å²) in [5.74, 6) is 1.08. The van der Waals surface area contributed by atoms with E-state index in [1.54, 1.807) is 12.1 Å². The van der Waals surface area contributed by atoms with Crippen molar-refractivity contribution in [1.82, 2.24) is 9.55 Å². The Morgan fingerprint density at radius 2 is 2.00 bits per heavy atom. The molecule has 0 amide bonds. The van der Waals surface area contributed by atoms with Crippen molar-refractivity contribution in [2.75, 3.05) is 0 Å². The Morgan fingerprint density at radius 1 is 1.21 bits per heavy atom. The molecule has 1 heterocycles. The largest absolute Gasteiger partial charge is 0.506 e. The molecule has 3 rings (SSSR count). The van der Waals surface area contributed by atoms with E-state index in [1.807, 2.05) is 31.3 Å². The number of benzene rings is 2. The highest BCUT2D eigenvalue weighted by molar-refractivity contribution is 6.32. The molecule has 0 aliphatic heterocycles. The van der Waals surface area contributed by atoms with Gasteiger partial charge >= 0.3 is 0 Å². The fraction of sp³-hybridized carbons (Fsp3) is 0.133. The van der Waals surface area contributed by atoms with Crippen LogP contribution in [0.1, 0.15) is 11.4 Å². The summed E-state index contributed by atoms with van der Waals surface area (Å²) in [5, 5.41) is 9.80. The van der Waals surface area contributed by atoms with Gasteiger partial charge in [0.05, 0.1) is 16.1 Å². The molecule has 0 bridgehead atoms. The summed E-state index contributed by atoms with van der Waals surface area (Å²) in [6.07, 6.45) is 0.686. The summed E-state index contributed by atoms with van der Waals surface area (Å²) in [5.41, 5.74) is 3.13. The van der Waals surface area contributed by atoms with Gasteiger partial charge in [-0.05, 0) is 29.8 Å². The first-order chi connectivity index (χ1) is 9.15. The number of halogens is 1. The number of hydrogen-bond acceptors (Lipinski definition) is 2. The van der Waals surface area contributed by atoms with Crippen molar-refractivity contribution in [2.45, 2.75) is 6.42 Å². The molecule has 3 aromatic rings. The maximum Gasteiger partial charge on any atom is 0.134 e. The van der Waals surface area contributed by atoms with Gasteiger partial charge < -0.3 is 9.67 Å². The molecule has 0 radical (unpaired) electrons. The third-order valence-electron chi connectivity index (χ3n) is 3.25. The van der Waals surface area contributed by atoms with Crippen LogP contribution in [0.15, 0.2) is 42.5 Å². The third kappa shape index (κ3) is 2.17. The zero-order valence-corrected chi connectivity index (χ0v) is 11.2. The van der Waals surface area contributed by atoms with Crippen molar-refractivity contribution in [3.05, 3.63) is 58.9 Å². The van der Waals surface area contributed by atoms with Crippen molar-refractivity contribution < 1.29 is 5.11 Å². The number of aromatic nitrogens is 2. The molecule has 1 N–H and O–H groups in total. The molecule has 0 aliphatic carbocycles. The van der Waals surface area contributed by atoms with E-state index in [4.69, 9.17) is 11.6 Å². The third-order valence-corrected chi connectivity index (χ3v) is 3.56. The van der Waals surface area contributed by atoms with E-state index in [2.05, 4.69) is 15.6 Å². The zero-order valence-electron chi connectivity index (χ0n) is 10.5. The van der Waals surface area contributed by atoms with Gasteiger partial charge in [-0.15, -0.1) is 0 Å². The number of aromatic hydroxyl groups is 1. The molecule has 0 saturated carbocycles. The van der Waals surface area contributed by atoms with Gasteiger partial charge in [0.15, 0.2) is 0 Å². The average molecular weight is 273 g/mol. The predicted octanol–water partition coefficient (Wildman–Crippen LogP) is 3.52. The number of para-hydroxylation sites is 2. The van der Waals surface area contributed by atoms with Crippen molar-refractivity contribution in [3.63, 3.8) is 0 Å². The van der Waals surface area contributed by atoms with Gasteiger partial charge in [-0.3, -0.25) is 0 Å². The minimum Gasteiger partial charge on any atom is -0.506 e. The Hall–Kier alpha value is -2.00. The number of phenolic OH excluding ortho intramolecular Hbond substituents is 1. The van der Waals surface area contributed by atoms with Crippen LogP contribution in [0.25, 0.3) is 11.0 Å². The summed E-state index contributed by atoms with van der Waals surface area (Å²) in [7, 11) is 2.01. The normalized spacial score (nSPS) is 11.1. The number of fused-ring (bicyclic) bond motifs is 1. The van der Waals surface area contributed by atoms with Crippen LogP contribution in [-0.2, 0) is 13.5 Å². The molecule has 19 heavy (non-hydrogen) atoms. The number of aryl methyl sites for hydroxylation is 1. The Balaban J connectivity index is 2.01. The molecule has 0 spiro atoms. The van der Waals surface area contributed by atoms with Crippen LogP contribution in [0.2, 0.25) is 5.02 Å². The standard InChI is InChI=1S/C15H13ClN2O/c1-18-13-5-3-2-4-12(13)17-15(18)9-10-6-7-14(19)11(16)8-10/h2-8,19H,9H2,1H3. The van der Waals surface area contributed by atoms with E-state index in [0.29, 0.717) is 11.4 Å². The Kier molecular flexibility index (Phi) is 2.91. The second-order valence-corrected chi connectivity index (χ2v) is 4.95. The molecular formula is C15H13ClN2O. The van der Waals surface area contributed by atoms with Gasteiger partial charge in [0, 0.05) is 13.5 Å².